The molecule has 0 radical (unpaired) electrons. The number of aromatic nitrogens is 2. The van der Waals surface area contributed by atoms with Gasteiger partial charge in [-0.2, -0.15) is 5.10 Å². The molecule has 0 saturated heterocycles. The van der Waals surface area contributed by atoms with E-state index in [-0.39, 0.29) is 0 Å². The molecular formula is C17H25N3. The molecule has 1 aromatic carbocycles. The summed E-state index contributed by atoms with van der Waals surface area (Å²) in [5.41, 5.74) is 5.07. The van der Waals surface area contributed by atoms with E-state index in [2.05, 4.69) is 67.1 Å². The number of rotatable bonds is 6. The molecule has 1 unspecified atom stereocenters. The summed E-state index contributed by atoms with van der Waals surface area (Å²) in [6.45, 7) is 10.6. The van der Waals surface area contributed by atoms with Crippen molar-refractivity contribution in [2.24, 2.45) is 0 Å². The Balaban J connectivity index is 2.31. The molecule has 1 heterocycles. The van der Waals surface area contributed by atoms with Crippen LogP contribution in [0.3, 0.4) is 0 Å². The molecule has 1 aromatic heterocycles. The first-order valence-electron chi connectivity index (χ1n) is 7.53. The van der Waals surface area contributed by atoms with Gasteiger partial charge in [-0.1, -0.05) is 32.0 Å². The Hall–Kier alpha value is -1.61. The fourth-order valence-electron chi connectivity index (χ4n) is 2.57. The van der Waals surface area contributed by atoms with E-state index in [1.807, 2.05) is 6.20 Å². The van der Waals surface area contributed by atoms with Crippen molar-refractivity contribution in [1.82, 2.24) is 15.1 Å². The summed E-state index contributed by atoms with van der Waals surface area (Å²) in [6, 6.07) is 9.14. The lowest BCUT2D eigenvalue weighted by Gasteiger charge is -2.14. The van der Waals surface area contributed by atoms with Gasteiger partial charge in [-0.05, 0) is 44.0 Å². The first-order chi connectivity index (χ1) is 9.67. The molecule has 2 rings (SSSR count). The zero-order chi connectivity index (χ0) is 14.5. The third-order valence-electron chi connectivity index (χ3n) is 3.75. The third kappa shape index (κ3) is 3.10. The predicted molar refractivity (Wildman–Crippen MR) is 84.8 cm³/mol. The average molecular weight is 271 g/mol. The molecule has 0 amide bonds. The summed E-state index contributed by atoms with van der Waals surface area (Å²) in [5, 5.41) is 7.95. The molecule has 1 atom stereocenters. The highest BCUT2D eigenvalue weighted by atomic mass is 15.3. The quantitative estimate of drug-likeness (QED) is 0.862. The molecule has 0 aliphatic carbocycles. The van der Waals surface area contributed by atoms with Crippen LogP contribution in [0.25, 0.3) is 11.1 Å². The second kappa shape index (κ2) is 6.71. The van der Waals surface area contributed by atoms with Gasteiger partial charge in [-0.15, -0.1) is 0 Å². The topological polar surface area (TPSA) is 29.9 Å². The third-order valence-corrected chi connectivity index (χ3v) is 3.75. The van der Waals surface area contributed by atoms with Crippen molar-refractivity contribution in [2.45, 2.75) is 46.7 Å². The monoisotopic (exact) mass is 271 g/mol. The Kier molecular flexibility index (Phi) is 4.96. The average Bonchev–Trinajstić information content (AvgIpc) is 2.81. The zero-order valence-corrected chi connectivity index (χ0v) is 13.0. The van der Waals surface area contributed by atoms with Gasteiger partial charge in [0, 0.05) is 23.8 Å². The Bertz CT molecular complexity index is 557. The maximum absolute atomic E-state index is 4.49. The highest BCUT2D eigenvalue weighted by Crippen LogP contribution is 2.26. The minimum atomic E-state index is 0.381. The van der Waals surface area contributed by atoms with Crippen LogP contribution >= 0.6 is 0 Å². The van der Waals surface area contributed by atoms with Gasteiger partial charge in [0.15, 0.2) is 0 Å². The SMILES string of the molecule is CCCn1ncc(-c2cccc(C(C)NCC)c2)c1C. The lowest BCUT2D eigenvalue weighted by Crippen LogP contribution is -2.17. The van der Waals surface area contributed by atoms with Crippen LogP contribution in [0.2, 0.25) is 0 Å². The molecule has 3 nitrogen and oxygen atoms in total. The van der Waals surface area contributed by atoms with Crippen molar-refractivity contribution in [3.8, 4) is 11.1 Å². The molecule has 0 aliphatic heterocycles. The number of aryl methyl sites for hydroxylation is 1. The number of benzene rings is 1. The van der Waals surface area contributed by atoms with E-state index < -0.39 is 0 Å². The minimum absolute atomic E-state index is 0.381. The van der Waals surface area contributed by atoms with Gasteiger partial charge in [0.05, 0.1) is 6.20 Å². The number of hydrogen-bond acceptors (Lipinski definition) is 2. The van der Waals surface area contributed by atoms with E-state index in [1.54, 1.807) is 0 Å². The minimum Gasteiger partial charge on any atom is -0.310 e. The van der Waals surface area contributed by atoms with Crippen molar-refractivity contribution in [3.63, 3.8) is 0 Å². The van der Waals surface area contributed by atoms with E-state index in [9.17, 15) is 0 Å². The molecule has 0 spiro atoms. The van der Waals surface area contributed by atoms with Crippen LogP contribution in [0.5, 0.6) is 0 Å². The summed E-state index contributed by atoms with van der Waals surface area (Å²) in [5.74, 6) is 0. The maximum Gasteiger partial charge on any atom is 0.0571 e. The van der Waals surface area contributed by atoms with Crippen molar-refractivity contribution >= 4 is 0 Å². The summed E-state index contributed by atoms with van der Waals surface area (Å²) < 4.78 is 2.09. The van der Waals surface area contributed by atoms with Crippen molar-refractivity contribution in [3.05, 3.63) is 41.7 Å². The fourth-order valence-corrected chi connectivity index (χ4v) is 2.57. The van der Waals surface area contributed by atoms with Gasteiger partial charge >= 0.3 is 0 Å². The van der Waals surface area contributed by atoms with Gasteiger partial charge in [0.1, 0.15) is 0 Å². The molecule has 0 saturated carbocycles. The normalized spacial score (nSPS) is 12.6. The molecule has 108 valence electrons. The molecular weight excluding hydrogens is 246 g/mol. The van der Waals surface area contributed by atoms with Crippen LogP contribution < -0.4 is 5.32 Å². The Morgan fingerprint density at radius 1 is 1.30 bits per heavy atom. The number of nitrogens with one attached hydrogen (secondary N) is 1. The standard InChI is InChI=1S/C17H25N3/c1-5-10-20-14(4)17(12-19-20)16-9-7-8-15(11-16)13(3)18-6-2/h7-9,11-13,18H,5-6,10H2,1-4H3. The van der Waals surface area contributed by atoms with Gasteiger partial charge in [-0.3, -0.25) is 4.68 Å². The van der Waals surface area contributed by atoms with Gasteiger partial charge < -0.3 is 5.32 Å². The van der Waals surface area contributed by atoms with E-state index in [1.165, 1.54) is 22.4 Å². The van der Waals surface area contributed by atoms with Crippen LogP contribution in [0.15, 0.2) is 30.5 Å². The summed E-state index contributed by atoms with van der Waals surface area (Å²) >= 11 is 0. The van der Waals surface area contributed by atoms with E-state index in [0.29, 0.717) is 6.04 Å². The van der Waals surface area contributed by atoms with Gasteiger partial charge in [0.25, 0.3) is 0 Å². The van der Waals surface area contributed by atoms with Crippen LogP contribution in [-0.2, 0) is 6.54 Å². The molecule has 20 heavy (non-hydrogen) atoms. The second-order valence-corrected chi connectivity index (χ2v) is 5.27. The van der Waals surface area contributed by atoms with E-state index in [0.717, 1.165) is 19.5 Å². The predicted octanol–water partition coefficient (Wildman–Crippen LogP) is 3.94. The number of hydrogen-bond donors (Lipinski definition) is 1. The highest BCUT2D eigenvalue weighted by Gasteiger charge is 2.10. The van der Waals surface area contributed by atoms with Crippen LogP contribution in [-0.4, -0.2) is 16.3 Å². The van der Waals surface area contributed by atoms with Crippen LogP contribution in [0.1, 0.15) is 44.5 Å². The van der Waals surface area contributed by atoms with Crippen molar-refractivity contribution < 1.29 is 0 Å². The summed E-state index contributed by atoms with van der Waals surface area (Å²) in [6.07, 6.45) is 3.10. The molecule has 0 aliphatic rings. The van der Waals surface area contributed by atoms with Crippen molar-refractivity contribution in [2.75, 3.05) is 6.54 Å². The fraction of sp³-hybridized carbons (Fsp3) is 0.471. The molecule has 0 fully saturated rings. The van der Waals surface area contributed by atoms with Crippen molar-refractivity contribution in [1.29, 1.82) is 0 Å². The molecule has 1 N–H and O–H groups in total. The summed E-state index contributed by atoms with van der Waals surface area (Å²) in [7, 11) is 0. The first-order valence-corrected chi connectivity index (χ1v) is 7.53. The number of nitrogens with zero attached hydrogens (tertiary/aromatic N) is 2. The second-order valence-electron chi connectivity index (χ2n) is 5.27. The lowest BCUT2D eigenvalue weighted by atomic mass is 10.0. The van der Waals surface area contributed by atoms with Gasteiger partial charge in [-0.25, -0.2) is 0 Å². The smallest absolute Gasteiger partial charge is 0.0571 e. The molecule has 0 bridgehead atoms. The highest BCUT2D eigenvalue weighted by molar-refractivity contribution is 5.66. The first kappa shape index (κ1) is 14.8. The van der Waals surface area contributed by atoms with E-state index in [4.69, 9.17) is 0 Å². The Labute approximate surface area is 122 Å². The maximum atomic E-state index is 4.49. The Morgan fingerprint density at radius 3 is 2.80 bits per heavy atom. The molecule has 2 aromatic rings. The Morgan fingerprint density at radius 2 is 2.10 bits per heavy atom. The zero-order valence-electron chi connectivity index (χ0n) is 13.0. The lowest BCUT2D eigenvalue weighted by molar-refractivity contribution is 0.587. The largest absolute Gasteiger partial charge is 0.310 e. The van der Waals surface area contributed by atoms with Crippen LogP contribution in [0, 0.1) is 6.92 Å². The summed E-state index contributed by atoms with van der Waals surface area (Å²) in [4.78, 5) is 0. The molecule has 3 heteroatoms. The van der Waals surface area contributed by atoms with Gasteiger partial charge in [0.2, 0.25) is 0 Å². The van der Waals surface area contributed by atoms with Crippen LogP contribution in [0.4, 0.5) is 0 Å². The van der Waals surface area contributed by atoms with E-state index >= 15 is 0 Å².